The van der Waals surface area contributed by atoms with Crippen molar-refractivity contribution in [1.82, 2.24) is 4.90 Å². The number of hydrogen-bond donors (Lipinski definition) is 0. The molecule has 1 atom stereocenters. The van der Waals surface area contributed by atoms with Crippen LogP contribution >= 0.6 is 15.9 Å². The first kappa shape index (κ1) is 11.0. The molecule has 4 heteroatoms. The third-order valence-corrected chi connectivity index (χ3v) is 3.36. The van der Waals surface area contributed by atoms with Gasteiger partial charge in [0.2, 0.25) is 0 Å². The number of hydrogen-bond acceptors (Lipinski definition) is 1. The fraction of sp³-hybridized carbons (Fsp3) is 0.455. The van der Waals surface area contributed by atoms with E-state index in [2.05, 4.69) is 15.9 Å². The van der Waals surface area contributed by atoms with E-state index in [-0.39, 0.29) is 5.82 Å². The maximum atomic E-state index is 12.9. The predicted octanol–water partition coefficient (Wildman–Crippen LogP) is 3.13. The molecule has 0 saturated carbocycles. The van der Waals surface area contributed by atoms with E-state index >= 15 is 0 Å². The van der Waals surface area contributed by atoms with E-state index in [4.69, 9.17) is 0 Å². The summed E-state index contributed by atoms with van der Waals surface area (Å²) in [7, 11) is 0. The topological polar surface area (TPSA) is 3.24 Å². The molecule has 0 spiro atoms. The van der Waals surface area contributed by atoms with Crippen molar-refractivity contribution < 1.29 is 8.78 Å². The van der Waals surface area contributed by atoms with Crippen LogP contribution in [0.4, 0.5) is 8.78 Å². The highest BCUT2D eigenvalue weighted by Crippen LogP contribution is 2.22. The van der Waals surface area contributed by atoms with Crippen LogP contribution in [-0.2, 0) is 6.54 Å². The monoisotopic (exact) mass is 275 g/mol. The highest BCUT2D eigenvalue weighted by atomic mass is 79.9. The van der Waals surface area contributed by atoms with Gasteiger partial charge in [0.05, 0.1) is 0 Å². The molecule has 1 aromatic rings. The van der Waals surface area contributed by atoms with Crippen LogP contribution in [0.3, 0.4) is 0 Å². The number of nitrogens with zero attached hydrogens (tertiary/aromatic N) is 1. The molecular formula is C11H12BrF2N. The number of likely N-dealkylation sites (tertiary alicyclic amines) is 1. The van der Waals surface area contributed by atoms with Crippen molar-refractivity contribution in [2.45, 2.75) is 19.1 Å². The second-order valence-corrected chi connectivity index (χ2v) is 4.71. The van der Waals surface area contributed by atoms with Gasteiger partial charge in [-0.15, -0.1) is 0 Å². The average Bonchev–Trinajstić information content (AvgIpc) is 2.56. The molecule has 0 N–H and O–H groups in total. The van der Waals surface area contributed by atoms with Crippen molar-refractivity contribution in [3.05, 3.63) is 34.1 Å². The molecule has 82 valence electrons. The highest BCUT2D eigenvalue weighted by molar-refractivity contribution is 9.10. The van der Waals surface area contributed by atoms with Crippen molar-refractivity contribution in [2.75, 3.05) is 13.1 Å². The minimum absolute atomic E-state index is 0.254. The first-order valence-corrected chi connectivity index (χ1v) is 5.75. The lowest BCUT2D eigenvalue weighted by Crippen LogP contribution is -2.20. The van der Waals surface area contributed by atoms with E-state index in [0.717, 1.165) is 16.6 Å². The van der Waals surface area contributed by atoms with E-state index in [9.17, 15) is 8.78 Å². The van der Waals surface area contributed by atoms with Gasteiger partial charge in [0.1, 0.15) is 12.0 Å². The zero-order valence-corrected chi connectivity index (χ0v) is 9.80. The molecule has 2 rings (SSSR count). The van der Waals surface area contributed by atoms with Gasteiger partial charge in [-0.1, -0.05) is 22.0 Å². The molecule has 1 fully saturated rings. The van der Waals surface area contributed by atoms with Crippen molar-refractivity contribution in [3.63, 3.8) is 0 Å². The van der Waals surface area contributed by atoms with E-state index in [0.29, 0.717) is 19.5 Å². The van der Waals surface area contributed by atoms with Gasteiger partial charge in [0.25, 0.3) is 0 Å². The van der Waals surface area contributed by atoms with Crippen LogP contribution in [0.2, 0.25) is 0 Å². The number of alkyl halides is 1. The minimum Gasteiger partial charge on any atom is -0.296 e. The Kier molecular flexibility index (Phi) is 3.36. The van der Waals surface area contributed by atoms with Crippen LogP contribution in [0.5, 0.6) is 0 Å². The fourth-order valence-corrected chi connectivity index (χ4v) is 2.30. The summed E-state index contributed by atoms with van der Waals surface area (Å²) in [5.41, 5.74) is 1.01. The van der Waals surface area contributed by atoms with Crippen molar-refractivity contribution in [1.29, 1.82) is 0 Å². The van der Waals surface area contributed by atoms with Gasteiger partial charge in [-0.2, -0.15) is 0 Å². The van der Waals surface area contributed by atoms with Crippen LogP contribution in [0.15, 0.2) is 22.7 Å². The van der Waals surface area contributed by atoms with E-state index < -0.39 is 6.17 Å². The lowest BCUT2D eigenvalue weighted by atomic mass is 10.2. The van der Waals surface area contributed by atoms with Crippen LogP contribution < -0.4 is 0 Å². The van der Waals surface area contributed by atoms with Gasteiger partial charge in [-0.25, -0.2) is 8.78 Å². The van der Waals surface area contributed by atoms with Crippen LogP contribution in [0, 0.1) is 5.82 Å². The summed E-state index contributed by atoms with van der Waals surface area (Å²) in [5.74, 6) is -0.254. The molecule has 1 saturated heterocycles. The zero-order valence-electron chi connectivity index (χ0n) is 8.22. The molecule has 0 aromatic heterocycles. The smallest absolute Gasteiger partial charge is 0.124 e. The average molecular weight is 276 g/mol. The van der Waals surface area contributed by atoms with Crippen molar-refractivity contribution in [3.8, 4) is 0 Å². The van der Waals surface area contributed by atoms with E-state index in [1.54, 1.807) is 6.07 Å². The third-order valence-electron chi connectivity index (χ3n) is 2.62. The molecule has 1 aromatic carbocycles. The first-order chi connectivity index (χ1) is 7.15. The molecule has 15 heavy (non-hydrogen) atoms. The zero-order chi connectivity index (χ0) is 10.8. The number of benzene rings is 1. The molecule has 0 amide bonds. The normalized spacial score (nSPS) is 22.2. The summed E-state index contributed by atoms with van der Waals surface area (Å²) in [4.78, 5) is 2.04. The SMILES string of the molecule is Fc1ccc(CN2CC[C@H](F)C2)c(Br)c1. The first-order valence-electron chi connectivity index (χ1n) is 4.95. The molecule has 0 unspecified atom stereocenters. The third kappa shape index (κ3) is 2.75. The van der Waals surface area contributed by atoms with E-state index in [1.165, 1.54) is 12.1 Å². The Balaban J connectivity index is 2.04. The Hall–Kier alpha value is -0.480. The summed E-state index contributed by atoms with van der Waals surface area (Å²) in [6.07, 6.45) is -0.0945. The Morgan fingerprint density at radius 2 is 2.27 bits per heavy atom. The minimum atomic E-state index is -0.704. The summed E-state index contributed by atoms with van der Waals surface area (Å²) < 4.78 is 26.5. The Labute approximate surface area is 96.2 Å². The molecule has 0 aliphatic carbocycles. The lowest BCUT2D eigenvalue weighted by Gasteiger charge is -2.15. The highest BCUT2D eigenvalue weighted by Gasteiger charge is 2.21. The van der Waals surface area contributed by atoms with Crippen molar-refractivity contribution >= 4 is 15.9 Å². The van der Waals surface area contributed by atoms with Crippen LogP contribution in [-0.4, -0.2) is 24.2 Å². The Bertz CT molecular complexity index is 356. The van der Waals surface area contributed by atoms with Crippen LogP contribution in [0.25, 0.3) is 0 Å². The summed E-state index contributed by atoms with van der Waals surface area (Å²) in [5, 5.41) is 0. The van der Waals surface area contributed by atoms with Gasteiger partial charge in [-0.3, -0.25) is 4.90 Å². The van der Waals surface area contributed by atoms with Gasteiger partial charge in [0.15, 0.2) is 0 Å². The van der Waals surface area contributed by atoms with E-state index in [1.807, 2.05) is 4.90 Å². The standard InChI is InChI=1S/C11H12BrF2N/c12-11-5-9(13)2-1-8(11)6-15-4-3-10(14)7-15/h1-2,5,10H,3-4,6-7H2/t10-/m0/s1. The molecule has 1 aliphatic rings. The lowest BCUT2D eigenvalue weighted by molar-refractivity contribution is 0.282. The fourth-order valence-electron chi connectivity index (χ4n) is 1.82. The molecule has 1 aliphatic heterocycles. The second-order valence-electron chi connectivity index (χ2n) is 3.86. The van der Waals surface area contributed by atoms with Gasteiger partial charge >= 0.3 is 0 Å². The molecule has 0 bridgehead atoms. The number of halogens is 3. The molecular weight excluding hydrogens is 264 g/mol. The van der Waals surface area contributed by atoms with Gasteiger partial charge < -0.3 is 0 Å². The molecule has 1 nitrogen and oxygen atoms in total. The molecule has 1 heterocycles. The largest absolute Gasteiger partial charge is 0.296 e. The Morgan fingerprint density at radius 1 is 1.47 bits per heavy atom. The predicted molar refractivity (Wildman–Crippen MR) is 58.9 cm³/mol. The number of rotatable bonds is 2. The molecule has 0 radical (unpaired) electrons. The maximum Gasteiger partial charge on any atom is 0.124 e. The summed E-state index contributed by atoms with van der Waals surface area (Å²) in [6, 6.07) is 4.62. The summed E-state index contributed by atoms with van der Waals surface area (Å²) in [6.45, 7) is 1.95. The quantitative estimate of drug-likeness (QED) is 0.802. The van der Waals surface area contributed by atoms with Gasteiger partial charge in [-0.05, 0) is 24.1 Å². The second kappa shape index (κ2) is 4.58. The van der Waals surface area contributed by atoms with Gasteiger partial charge in [0, 0.05) is 24.1 Å². The summed E-state index contributed by atoms with van der Waals surface area (Å²) >= 11 is 3.31. The van der Waals surface area contributed by atoms with Crippen LogP contribution in [0.1, 0.15) is 12.0 Å². The van der Waals surface area contributed by atoms with Crippen molar-refractivity contribution in [2.24, 2.45) is 0 Å². The maximum absolute atomic E-state index is 12.9. The Morgan fingerprint density at radius 3 is 2.87 bits per heavy atom.